The van der Waals surface area contributed by atoms with Crippen molar-refractivity contribution >= 4 is 0 Å². The summed E-state index contributed by atoms with van der Waals surface area (Å²) in [5, 5.41) is 3.45. The van der Waals surface area contributed by atoms with E-state index in [-0.39, 0.29) is 5.82 Å². The second-order valence-electron chi connectivity index (χ2n) is 7.35. The average molecular weight is 372 g/mol. The van der Waals surface area contributed by atoms with Crippen molar-refractivity contribution in [2.75, 3.05) is 46.9 Å². The lowest BCUT2D eigenvalue weighted by molar-refractivity contribution is 0.196. The van der Waals surface area contributed by atoms with Gasteiger partial charge in [-0.3, -0.25) is 0 Å². The number of nitrogens with zero attached hydrogens (tertiary/aromatic N) is 1. The maximum absolute atomic E-state index is 13.2. The quantitative estimate of drug-likeness (QED) is 0.769. The van der Waals surface area contributed by atoms with E-state index in [9.17, 15) is 4.39 Å². The Hall–Kier alpha value is -2.11. The summed E-state index contributed by atoms with van der Waals surface area (Å²) in [6.45, 7) is 4.08. The molecule has 2 aromatic rings. The Balaban J connectivity index is 1.53. The molecule has 1 saturated heterocycles. The van der Waals surface area contributed by atoms with Crippen molar-refractivity contribution in [2.24, 2.45) is 5.92 Å². The fourth-order valence-electron chi connectivity index (χ4n) is 3.43. The summed E-state index contributed by atoms with van der Waals surface area (Å²) in [6.07, 6.45) is 1.04. The molecule has 0 bridgehead atoms. The second kappa shape index (κ2) is 9.72. The van der Waals surface area contributed by atoms with Gasteiger partial charge in [-0.1, -0.05) is 12.1 Å². The molecule has 3 rings (SSSR count). The van der Waals surface area contributed by atoms with Crippen LogP contribution in [0, 0.1) is 11.7 Å². The van der Waals surface area contributed by atoms with Crippen molar-refractivity contribution in [1.82, 2.24) is 10.2 Å². The maximum atomic E-state index is 13.2. The van der Waals surface area contributed by atoms with E-state index in [2.05, 4.69) is 10.2 Å². The van der Waals surface area contributed by atoms with Crippen LogP contribution in [0.15, 0.2) is 48.5 Å². The van der Waals surface area contributed by atoms with Crippen molar-refractivity contribution in [3.63, 3.8) is 0 Å². The van der Waals surface area contributed by atoms with Crippen molar-refractivity contribution in [3.8, 4) is 11.5 Å². The SMILES string of the molecule is CN(C)CCOc1ccc(OC[C@@H]2CNCC[C@H]2c2ccc(F)cc2)cc1. The van der Waals surface area contributed by atoms with Crippen LogP contribution in [0.5, 0.6) is 11.5 Å². The highest BCUT2D eigenvalue weighted by Crippen LogP contribution is 2.31. The first-order valence-corrected chi connectivity index (χ1v) is 9.58. The number of rotatable bonds is 8. The first-order chi connectivity index (χ1) is 13.1. The Morgan fingerprint density at radius 3 is 2.33 bits per heavy atom. The third kappa shape index (κ3) is 5.94. The molecule has 1 aliphatic rings. The van der Waals surface area contributed by atoms with Crippen molar-refractivity contribution in [1.29, 1.82) is 0 Å². The number of halogens is 1. The Kier molecular flexibility index (Phi) is 7.07. The number of hydrogen-bond donors (Lipinski definition) is 1. The molecule has 4 nitrogen and oxygen atoms in total. The zero-order valence-corrected chi connectivity index (χ0v) is 16.2. The number of benzene rings is 2. The summed E-state index contributed by atoms with van der Waals surface area (Å²) < 4.78 is 25.0. The van der Waals surface area contributed by atoms with Gasteiger partial charge >= 0.3 is 0 Å². The number of likely N-dealkylation sites (N-methyl/N-ethyl adjacent to an activating group) is 1. The lowest BCUT2D eigenvalue weighted by Crippen LogP contribution is -2.38. The molecule has 0 unspecified atom stereocenters. The lowest BCUT2D eigenvalue weighted by atomic mass is 9.81. The van der Waals surface area contributed by atoms with E-state index in [1.54, 1.807) is 12.1 Å². The molecule has 1 heterocycles. The number of nitrogens with one attached hydrogen (secondary N) is 1. The highest BCUT2D eigenvalue weighted by molar-refractivity contribution is 5.31. The Bertz CT molecular complexity index is 688. The van der Waals surface area contributed by atoms with Crippen LogP contribution in [-0.4, -0.2) is 51.8 Å². The molecular weight excluding hydrogens is 343 g/mol. The molecule has 1 fully saturated rings. The fraction of sp³-hybridized carbons (Fsp3) is 0.455. The molecule has 0 saturated carbocycles. The molecule has 27 heavy (non-hydrogen) atoms. The second-order valence-corrected chi connectivity index (χ2v) is 7.35. The molecule has 2 aromatic carbocycles. The van der Waals surface area contributed by atoms with Crippen LogP contribution in [0.3, 0.4) is 0 Å². The van der Waals surface area contributed by atoms with Crippen LogP contribution < -0.4 is 14.8 Å². The number of ether oxygens (including phenoxy) is 2. The molecule has 0 aromatic heterocycles. The number of hydrogen-bond acceptors (Lipinski definition) is 4. The van der Waals surface area contributed by atoms with Gasteiger partial charge in [-0.2, -0.15) is 0 Å². The van der Waals surface area contributed by atoms with Gasteiger partial charge in [0.15, 0.2) is 0 Å². The predicted octanol–water partition coefficient (Wildman–Crippen LogP) is 3.54. The fourth-order valence-corrected chi connectivity index (χ4v) is 3.43. The van der Waals surface area contributed by atoms with Gasteiger partial charge in [0.1, 0.15) is 23.9 Å². The minimum Gasteiger partial charge on any atom is -0.493 e. The first kappa shape index (κ1) is 19.6. The standard InChI is InChI=1S/C22H29FN2O2/c1-25(2)13-14-26-20-7-9-21(10-8-20)27-16-18-15-24-12-11-22(18)17-3-5-19(23)6-4-17/h3-10,18,22,24H,11-16H2,1-2H3/t18-,22-/m0/s1. The molecule has 1 aliphatic heterocycles. The summed E-state index contributed by atoms with van der Waals surface area (Å²) in [4.78, 5) is 2.09. The van der Waals surface area contributed by atoms with Crippen LogP contribution in [0.4, 0.5) is 4.39 Å². The first-order valence-electron chi connectivity index (χ1n) is 9.58. The van der Waals surface area contributed by atoms with Crippen molar-refractivity contribution in [2.45, 2.75) is 12.3 Å². The van der Waals surface area contributed by atoms with Gasteiger partial charge in [-0.15, -0.1) is 0 Å². The van der Waals surface area contributed by atoms with Crippen LogP contribution in [0.2, 0.25) is 0 Å². The monoisotopic (exact) mass is 372 g/mol. The lowest BCUT2D eigenvalue weighted by Gasteiger charge is -2.32. The maximum Gasteiger partial charge on any atom is 0.123 e. The van der Waals surface area contributed by atoms with Gasteiger partial charge in [-0.25, -0.2) is 4.39 Å². The Morgan fingerprint density at radius 2 is 1.67 bits per heavy atom. The highest BCUT2D eigenvalue weighted by atomic mass is 19.1. The van der Waals surface area contributed by atoms with Crippen molar-refractivity contribution in [3.05, 3.63) is 59.9 Å². The third-order valence-corrected chi connectivity index (χ3v) is 5.00. The summed E-state index contributed by atoms with van der Waals surface area (Å²) in [7, 11) is 4.05. The van der Waals surface area contributed by atoms with Crippen molar-refractivity contribution < 1.29 is 13.9 Å². The Morgan fingerprint density at radius 1 is 1.00 bits per heavy atom. The van der Waals surface area contributed by atoms with Crippen LogP contribution >= 0.6 is 0 Å². The topological polar surface area (TPSA) is 33.7 Å². The zero-order chi connectivity index (χ0) is 19.1. The summed E-state index contributed by atoms with van der Waals surface area (Å²) >= 11 is 0. The van der Waals surface area contributed by atoms with Gasteiger partial charge in [0.25, 0.3) is 0 Å². The zero-order valence-electron chi connectivity index (χ0n) is 16.2. The molecule has 1 N–H and O–H groups in total. The minimum atomic E-state index is -0.187. The molecule has 0 radical (unpaired) electrons. The van der Waals surface area contributed by atoms with Crippen LogP contribution in [0.25, 0.3) is 0 Å². The van der Waals surface area contributed by atoms with E-state index in [1.165, 1.54) is 5.56 Å². The highest BCUT2D eigenvalue weighted by Gasteiger charge is 2.27. The van der Waals surface area contributed by atoms with E-state index in [1.807, 2.05) is 50.5 Å². The number of piperidine rings is 1. The van der Waals surface area contributed by atoms with E-state index >= 15 is 0 Å². The van der Waals surface area contributed by atoms with Gasteiger partial charge in [0.2, 0.25) is 0 Å². The largest absolute Gasteiger partial charge is 0.493 e. The summed E-state index contributed by atoms with van der Waals surface area (Å²) in [5.74, 6) is 2.26. The van der Waals surface area contributed by atoms with Gasteiger partial charge in [0.05, 0.1) is 6.61 Å². The van der Waals surface area contributed by atoms with Crippen LogP contribution in [-0.2, 0) is 0 Å². The van der Waals surface area contributed by atoms with Crippen LogP contribution in [0.1, 0.15) is 17.9 Å². The van der Waals surface area contributed by atoms with Gasteiger partial charge in [-0.05, 0) is 74.9 Å². The normalized spacial score (nSPS) is 19.9. The third-order valence-electron chi connectivity index (χ3n) is 5.00. The average Bonchev–Trinajstić information content (AvgIpc) is 2.68. The minimum absolute atomic E-state index is 0.187. The molecule has 146 valence electrons. The smallest absolute Gasteiger partial charge is 0.123 e. The summed E-state index contributed by atoms with van der Waals surface area (Å²) in [5.41, 5.74) is 1.19. The molecule has 2 atom stereocenters. The molecule has 0 aliphatic carbocycles. The molecule has 0 spiro atoms. The van der Waals surface area contributed by atoms with E-state index in [0.29, 0.717) is 25.0 Å². The van der Waals surface area contributed by atoms with E-state index in [0.717, 1.165) is 37.6 Å². The van der Waals surface area contributed by atoms with E-state index < -0.39 is 0 Å². The molecular formula is C22H29FN2O2. The summed E-state index contributed by atoms with van der Waals surface area (Å²) in [6, 6.07) is 14.7. The molecule has 0 amide bonds. The van der Waals surface area contributed by atoms with E-state index in [4.69, 9.17) is 9.47 Å². The predicted molar refractivity (Wildman–Crippen MR) is 106 cm³/mol. The Labute approximate surface area is 161 Å². The van der Waals surface area contributed by atoms with Gasteiger partial charge in [0, 0.05) is 19.0 Å². The molecule has 5 heteroatoms. The van der Waals surface area contributed by atoms with Gasteiger partial charge < -0.3 is 19.7 Å².